The van der Waals surface area contributed by atoms with Crippen LogP contribution in [0.2, 0.25) is 0 Å². The summed E-state index contributed by atoms with van der Waals surface area (Å²) in [5.74, 6) is -1.02. The van der Waals surface area contributed by atoms with Gasteiger partial charge in [-0.3, -0.25) is 14.4 Å². The van der Waals surface area contributed by atoms with Gasteiger partial charge in [0.25, 0.3) is 11.8 Å². The van der Waals surface area contributed by atoms with Crippen LogP contribution in [-0.4, -0.2) is 55.1 Å². The van der Waals surface area contributed by atoms with Crippen LogP contribution in [0.5, 0.6) is 11.5 Å². The van der Waals surface area contributed by atoms with Crippen molar-refractivity contribution in [2.45, 2.75) is 19.4 Å². The molecule has 0 aliphatic rings. The summed E-state index contributed by atoms with van der Waals surface area (Å²) in [6.07, 6.45) is 0.195. The molecule has 4 aromatic carbocycles. The maximum Gasteiger partial charge on any atom is 0.305 e. The standard InChI is InChI=1S/C34H33FN2O6/c1-42-25-19-23(20-26(21-25)43-2)15-17-37(18-16-32(38)39)34(41)30-13-7-5-11-28(30)27-10-4-6-12-29(27)33(40)36-22-24-9-3-8-14-31(24)35/h3-14,19-21H,15-18,22H2,1-2H3,(H,36,40)(H,38,39). The van der Waals surface area contributed by atoms with Gasteiger partial charge in [0.2, 0.25) is 0 Å². The zero-order chi connectivity index (χ0) is 30.8. The van der Waals surface area contributed by atoms with Crippen LogP contribution in [0, 0.1) is 5.82 Å². The minimum Gasteiger partial charge on any atom is -0.497 e. The Labute approximate surface area is 249 Å². The van der Waals surface area contributed by atoms with E-state index >= 15 is 0 Å². The molecule has 0 aliphatic carbocycles. The molecule has 0 saturated heterocycles. The van der Waals surface area contributed by atoms with Gasteiger partial charge in [-0.25, -0.2) is 4.39 Å². The lowest BCUT2D eigenvalue weighted by atomic mass is 9.94. The monoisotopic (exact) mass is 584 g/mol. The van der Waals surface area contributed by atoms with Crippen LogP contribution in [-0.2, 0) is 17.8 Å². The third-order valence-corrected chi connectivity index (χ3v) is 6.98. The molecule has 4 rings (SSSR count). The van der Waals surface area contributed by atoms with E-state index in [0.29, 0.717) is 45.7 Å². The second kappa shape index (κ2) is 14.6. The molecule has 0 atom stereocenters. The summed E-state index contributed by atoms with van der Waals surface area (Å²) in [7, 11) is 3.10. The molecule has 0 bridgehead atoms. The zero-order valence-corrected chi connectivity index (χ0v) is 24.0. The zero-order valence-electron chi connectivity index (χ0n) is 24.0. The van der Waals surface area contributed by atoms with Gasteiger partial charge in [0.1, 0.15) is 17.3 Å². The van der Waals surface area contributed by atoms with Crippen LogP contribution in [0.3, 0.4) is 0 Å². The number of halogens is 1. The van der Waals surface area contributed by atoms with Crippen LogP contribution < -0.4 is 14.8 Å². The highest BCUT2D eigenvalue weighted by molar-refractivity contribution is 6.06. The molecule has 0 spiro atoms. The average Bonchev–Trinajstić information content (AvgIpc) is 3.03. The van der Waals surface area contributed by atoms with Crippen molar-refractivity contribution < 1.29 is 33.4 Å². The fraction of sp³-hybridized carbons (Fsp3) is 0.206. The molecule has 0 aromatic heterocycles. The number of nitrogens with one attached hydrogen (secondary N) is 1. The van der Waals surface area contributed by atoms with Gasteiger partial charge in [0.05, 0.1) is 20.6 Å². The lowest BCUT2D eigenvalue weighted by Gasteiger charge is -2.24. The van der Waals surface area contributed by atoms with E-state index in [4.69, 9.17) is 9.47 Å². The molecule has 43 heavy (non-hydrogen) atoms. The van der Waals surface area contributed by atoms with E-state index in [0.717, 1.165) is 5.56 Å². The molecule has 0 unspecified atom stereocenters. The first kappa shape index (κ1) is 30.8. The van der Waals surface area contributed by atoms with Crippen molar-refractivity contribution in [3.05, 3.63) is 119 Å². The lowest BCUT2D eigenvalue weighted by molar-refractivity contribution is -0.137. The molecule has 2 amide bonds. The maximum absolute atomic E-state index is 14.1. The van der Waals surface area contributed by atoms with Gasteiger partial charge in [-0.1, -0.05) is 54.6 Å². The Bertz CT molecular complexity index is 1580. The normalized spacial score (nSPS) is 10.6. The Balaban J connectivity index is 1.62. The van der Waals surface area contributed by atoms with Crippen LogP contribution in [0.15, 0.2) is 91.0 Å². The highest BCUT2D eigenvalue weighted by atomic mass is 19.1. The smallest absolute Gasteiger partial charge is 0.305 e. The largest absolute Gasteiger partial charge is 0.497 e. The Morgan fingerprint density at radius 3 is 2.00 bits per heavy atom. The van der Waals surface area contributed by atoms with Crippen molar-refractivity contribution in [2.24, 2.45) is 0 Å². The first-order chi connectivity index (χ1) is 20.8. The van der Waals surface area contributed by atoms with E-state index in [2.05, 4.69) is 5.32 Å². The number of carbonyl (C=O) groups excluding carboxylic acids is 2. The third kappa shape index (κ3) is 7.97. The number of methoxy groups -OCH3 is 2. The van der Waals surface area contributed by atoms with Gasteiger partial charge in [-0.2, -0.15) is 0 Å². The second-order valence-corrected chi connectivity index (χ2v) is 9.77. The minimum atomic E-state index is -1.02. The number of ether oxygens (including phenoxy) is 2. The predicted octanol–water partition coefficient (Wildman–Crippen LogP) is 5.60. The van der Waals surface area contributed by atoms with Gasteiger partial charge in [-0.05, 0) is 53.4 Å². The molecule has 8 nitrogen and oxygen atoms in total. The van der Waals surface area contributed by atoms with Crippen molar-refractivity contribution >= 4 is 17.8 Å². The molecule has 0 aliphatic heterocycles. The highest BCUT2D eigenvalue weighted by Crippen LogP contribution is 2.29. The minimum absolute atomic E-state index is 0.00155. The number of rotatable bonds is 13. The van der Waals surface area contributed by atoms with Crippen LogP contribution in [0.4, 0.5) is 4.39 Å². The third-order valence-electron chi connectivity index (χ3n) is 6.98. The molecule has 4 aromatic rings. The van der Waals surface area contributed by atoms with Crippen molar-refractivity contribution in [3.63, 3.8) is 0 Å². The number of amides is 2. The molecular weight excluding hydrogens is 551 g/mol. The van der Waals surface area contributed by atoms with Gasteiger partial charge in [0, 0.05) is 42.4 Å². The van der Waals surface area contributed by atoms with Gasteiger partial charge < -0.3 is 24.8 Å². The molecule has 9 heteroatoms. The van der Waals surface area contributed by atoms with Crippen molar-refractivity contribution in [3.8, 4) is 22.6 Å². The Kier molecular flexibility index (Phi) is 10.5. The van der Waals surface area contributed by atoms with E-state index in [1.54, 1.807) is 87.0 Å². The van der Waals surface area contributed by atoms with E-state index < -0.39 is 17.7 Å². The Morgan fingerprint density at radius 1 is 0.791 bits per heavy atom. The number of carbonyl (C=O) groups is 3. The summed E-state index contributed by atoms with van der Waals surface area (Å²) in [5.41, 5.74) is 2.90. The molecular formula is C34H33FN2O6. The number of carboxylic acids is 1. The SMILES string of the molecule is COc1cc(CCN(CCC(=O)O)C(=O)c2ccccc2-c2ccccc2C(=O)NCc2ccccc2F)cc(OC)c1. The quantitative estimate of drug-likeness (QED) is 0.212. The van der Waals surface area contributed by atoms with E-state index in [1.807, 2.05) is 12.1 Å². The molecule has 0 heterocycles. The molecule has 0 saturated carbocycles. The van der Waals surface area contributed by atoms with Crippen molar-refractivity contribution in [2.75, 3.05) is 27.3 Å². The fourth-order valence-electron chi connectivity index (χ4n) is 4.72. The molecule has 0 radical (unpaired) electrons. The number of benzene rings is 4. The van der Waals surface area contributed by atoms with Crippen molar-refractivity contribution in [1.82, 2.24) is 10.2 Å². The summed E-state index contributed by atoms with van der Waals surface area (Å²) in [6.45, 7) is 0.231. The first-order valence-corrected chi connectivity index (χ1v) is 13.7. The summed E-state index contributed by atoms with van der Waals surface area (Å²) < 4.78 is 24.8. The molecule has 2 N–H and O–H groups in total. The number of nitrogens with zero attached hydrogens (tertiary/aromatic N) is 1. The van der Waals surface area contributed by atoms with Gasteiger partial charge >= 0.3 is 5.97 Å². The molecule has 222 valence electrons. The maximum atomic E-state index is 14.1. The van der Waals surface area contributed by atoms with E-state index in [9.17, 15) is 23.9 Å². The predicted molar refractivity (Wildman–Crippen MR) is 161 cm³/mol. The summed E-state index contributed by atoms with van der Waals surface area (Å²) >= 11 is 0. The Hall–Kier alpha value is -5.18. The van der Waals surface area contributed by atoms with Crippen LogP contribution >= 0.6 is 0 Å². The number of aliphatic carboxylic acids is 1. The topological polar surface area (TPSA) is 105 Å². The average molecular weight is 585 g/mol. The number of hydrogen-bond donors (Lipinski definition) is 2. The summed E-state index contributed by atoms with van der Waals surface area (Å²) in [4.78, 5) is 40.2. The summed E-state index contributed by atoms with van der Waals surface area (Å²) in [5, 5.41) is 12.1. The number of hydrogen-bond acceptors (Lipinski definition) is 5. The van der Waals surface area contributed by atoms with Crippen LogP contribution in [0.1, 0.15) is 38.3 Å². The summed E-state index contributed by atoms with van der Waals surface area (Å²) in [6, 6.07) is 25.4. The van der Waals surface area contributed by atoms with Gasteiger partial charge in [0.15, 0.2) is 0 Å². The van der Waals surface area contributed by atoms with Crippen molar-refractivity contribution in [1.29, 1.82) is 0 Å². The number of carboxylic acid groups (broad SMARTS) is 1. The van der Waals surface area contributed by atoms with E-state index in [1.165, 1.54) is 11.0 Å². The Morgan fingerprint density at radius 2 is 1.37 bits per heavy atom. The highest BCUT2D eigenvalue weighted by Gasteiger charge is 2.23. The fourth-order valence-corrected chi connectivity index (χ4v) is 4.72. The second-order valence-electron chi connectivity index (χ2n) is 9.77. The van der Waals surface area contributed by atoms with Gasteiger partial charge in [-0.15, -0.1) is 0 Å². The van der Waals surface area contributed by atoms with E-state index in [-0.39, 0.29) is 32.0 Å². The lowest BCUT2D eigenvalue weighted by Crippen LogP contribution is -2.35. The first-order valence-electron chi connectivity index (χ1n) is 13.7. The van der Waals surface area contributed by atoms with Crippen LogP contribution in [0.25, 0.3) is 11.1 Å². The molecule has 0 fully saturated rings.